The molecule has 1 aromatic carbocycles. The minimum Gasteiger partial charge on any atom is -0.397 e. The van der Waals surface area contributed by atoms with Gasteiger partial charge in [-0.25, -0.2) is 4.39 Å². The van der Waals surface area contributed by atoms with Crippen LogP contribution in [0.2, 0.25) is 0 Å². The van der Waals surface area contributed by atoms with Crippen LogP contribution < -0.4 is 5.73 Å². The van der Waals surface area contributed by atoms with Crippen LogP contribution in [-0.4, -0.2) is 21.4 Å². The zero-order valence-electron chi connectivity index (χ0n) is 11.9. The molecule has 21 heavy (non-hydrogen) atoms. The lowest BCUT2D eigenvalue weighted by Gasteiger charge is -2.23. The van der Waals surface area contributed by atoms with Crippen molar-refractivity contribution in [3.8, 4) is 0 Å². The van der Waals surface area contributed by atoms with E-state index in [0.29, 0.717) is 23.5 Å². The quantitative estimate of drug-likeness (QED) is 0.939. The smallest absolute Gasteiger partial charge is 0.271 e. The average Bonchev–Trinajstić information content (AvgIpc) is 3.22. The molecule has 1 heterocycles. The fraction of sp³-hybridized carbons (Fsp3) is 0.312. The van der Waals surface area contributed by atoms with Crippen molar-refractivity contribution >= 4 is 11.6 Å². The van der Waals surface area contributed by atoms with Crippen molar-refractivity contribution in [2.75, 3.05) is 5.73 Å². The van der Waals surface area contributed by atoms with Crippen LogP contribution in [0.5, 0.6) is 0 Å². The lowest BCUT2D eigenvalue weighted by molar-refractivity contribution is 0.0718. The van der Waals surface area contributed by atoms with Crippen LogP contribution in [0, 0.1) is 5.82 Å². The van der Waals surface area contributed by atoms with Crippen LogP contribution in [-0.2, 0) is 13.6 Å². The third kappa shape index (κ3) is 2.77. The van der Waals surface area contributed by atoms with Crippen molar-refractivity contribution in [2.45, 2.75) is 25.4 Å². The first-order chi connectivity index (χ1) is 10.1. The van der Waals surface area contributed by atoms with Gasteiger partial charge in [-0.1, -0.05) is 18.2 Å². The SMILES string of the molecule is Cn1cc(N)cc1C(=O)N(Cc1ccccc1F)C1CC1. The van der Waals surface area contributed by atoms with Gasteiger partial charge in [-0.2, -0.15) is 0 Å². The van der Waals surface area contributed by atoms with Gasteiger partial charge < -0.3 is 15.2 Å². The highest BCUT2D eigenvalue weighted by Gasteiger charge is 2.34. The van der Waals surface area contributed by atoms with E-state index in [1.165, 1.54) is 6.07 Å². The normalized spacial score (nSPS) is 14.2. The number of rotatable bonds is 4. The summed E-state index contributed by atoms with van der Waals surface area (Å²) in [5.74, 6) is -0.373. The number of anilines is 1. The molecule has 1 aliphatic carbocycles. The molecule has 0 atom stereocenters. The number of aromatic nitrogens is 1. The third-order valence-electron chi connectivity index (χ3n) is 3.79. The Balaban J connectivity index is 1.87. The van der Waals surface area contributed by atoms with Gasteiger partial charge in [0.25, 0.3) is 5.91 Å². The van der Waals surface area contributed by atoms with Crippen LogP contribution in [0.25, 0.3) is 0 Å². The summed E-state index contributed by atoms with van der Waals surface area (Å²) in [6.45, 7) is 0.293. The van der Waals surface area contributed by atoms with E-state index < -0.39 is 0 Å². The Morgan fingerprint density at radius 3 is 2.71 bits per heavy atom. The number of carbonyl (C=O) groups excluding carboxylic acids is 1. The molecule has 0 spiro atoms. The number of nitrogens with two attached hydrogens (primary N) is 1. The molecule has 4 nitrogen and oxygen atoms in total. The Kier molecular flexibility index (Phi) is 3.41. The van der Waals surface area contributed by atoms with Crippen LogP contribution in [0.3, 0.4) is 0 Å². The summed E-state index contributed by atoms with van der Waals surface area (Å²) in [6.07, 6.45) is 3.65. The number of nitrogen functional groups attached to an aromatic ring is 1. The van der Waals surface area contributed by atoms with E-state index in [1.54, 1.807) is 47.0 Å². The second-order valence-corrected chi connectivity index (χ2v) is 5.53. The molecule has 1 amide bonds. The molecule has 5 heteroatoms. The maximum Gasteiger partial charge on any atom is 0.271 e. The lowest BCUT2D eigenvalue weighted by Crippen LogP contribution is -2.34. The van der Waals surface area contributed by atoms with E-state index in [-0.39, 0.29) is 17.8 Å². The van der Waals surface area contributed by atoms with E-state index in [2.05, 4.69) is 0 Å². The number of nitrogens with zero attached hydrogens (tertiary/aromatic N) is 2. The fourth-order valence-corrected chi connectivity index (χ4v) is 2.51. The second kappa shape index (κ2) is 5.24. The van der Waals surface area contributed by atoms with Gasteiger partial charge in [0.15, 0.2) is 0 Å². The highest BCUT2D eigenvalue weighted by Crippen LogP contribution is 2.30. The van der Waals surface area contributed by atoms with Crippen LogP contribution in [0.15, 0.2) is 36.5 Å². The molecule has 3 rings (SSSR count). The molecule has 0 unspecified atom stereocenters. The zero-order valence-corrected chi connectivity index (χ0v) is 11.9. The van der Waals surface area contributed by atoms with Gasteiger partial charge in [-0.3, -0.25) is 4.79 Å². The molecule has 0 aliphatic heterocycles. The van der Waals surface area contributed by atoms with Crippen LogP contribution in [0.4, 0.5) is 10.1 Å². The van der Waals surface area contributed by atoms with Crippen molar-refractivity contribution in [1.29, 1.82) is 0 Å². The van der Waals surface area contributed by atoms with E-state index >= 15 is 0 Å². The number of carbonyl (C=O) groups is 1. The molecule has 1 aromatic heterocycles. The summed E-state index contributed by atoms with van der Waals surface area (Å²) in [5, 5.41) is 0. The molecule has 1 fully saturated rings. The Morgan fingerprint density at radius 2 is 2.14 bits per heavy atom. The topological polar surface area (TPSA) is 51.3 Å². The summed E-state index contributed by atoms with van der Waals surface area (Å²) < 4.78 is 15.5. The number of benzene rings is 1. The molecule has 0 saturated heterocycles. The van der Waals surface area contributed by atoms with E-state index in [4.69, 9.17) is 5.73 Å². The predicted octanol–water partition coefficient (Wildman–Crippen LogP) is 2.55. The predicted molar refractivity (Wildman–Crippen MR) is 79.1 cm³/mol. The fourth-order valence-electron chi connectivity index (χ4n) is 2.51. The zero-order chi connectivity index (χ0) is 15.0. The van der Waals surface area contributed by atoms with Gasteiger partial charge in [0.1, 0.15) is 11.5 Å². The maximum absolute atomic E-state index is 13.8. The number of hydrogen-bond donors (Lipinski definition) is 1. The van der Waals surface area contributed by atoms with E-state index in [0.717, 1.165) is 12.8 Å². The Bertz CT molecular complexity index is 676. The highest BCUT2D eigenvalue weighted by molar-refractivity contribution is 5.94. The molecule has 110 valence electrons. The first kappa shape index (κ1) is 13.7. The largest absolute Gasteiger partial charge is 0.397 e. The number of amides is 1. The molecular weight excluding hydrogens is 269 g/mol. The van der Waals surface area contributed by atoms with Crippen molar-refractivity contribution in [3.63, 3.8) is 0 Å². The number of hydrogen-bond acceptors (Lipinski definition) is 2. The van der Waals surface area contributed by atoms with Crippen LogP contribution in [0.1, 0.15) is 28.9 Å². The first-order valence-electron chi connectivity index (χ1n) is 7.02. The highest BCUT2D eigenvalue weighted by atomic mass is 19.1. The standard InChI is InChI=1S/C16H18FN3O/c1-19-10-12(18)8-15(19)16(21)20(13-6-7-13)9-11-4-2-3-5-14(11)17/h2-5,8,10,13H,6-7,9,18H2,1H3. The summed E-state index contributed by atoms with van der Waals surface area (Å²) >= 11 is 0. The molecule has 0 bridgehead atoms. The third-order valence-corrected chi connectivity index (χ3v) is 3.79. The summed E-state index contributed by atoms with van der Waals surface area (Å²) in [7, 11) is 1.79. The van der Waals surface area contributed by atoms with Crippen LogP contribution >= 0.6 is 0 Å². The summed E-state index contributed by atoms with van der Waals surface area (Å²) in [5.41, 5.74) is 7.37. The number of aryl methyl sites for hydroxylation is 1. The Labute approximate surface area is 123 Å². The molecule has 1 saturated carbocycles. The molecular formula is C16H18FN3O. The maximum atomic E-state index is 13.8. The minimum absolute atomic E-state index is 0.0973. The van der Waals surface area contributed by atoms with Crippen molar-refractivity contribution in [3.05, 3.63) is 53.6 Å². The number of halogens is 1. The van der Waals surface area contributed by atoms with Crippen molar-refractivity contribution in [2.24, 2.45) is 7.05 Å². The monoisotopic (exact) mass is 287 g/mol. The van der Waals surface area contributed by atoms with Crippen molar-refractivity contribution < 1.29 is 9.18 Å². The minimum atomic E-state index is -0.276. The second-order valence-electron chi connectivity index (χ2n) is 5.53. The van der Waals surface area contributed by atoms with Gasteiger partial charge in [-0.15, -0.1) is 0 Å². The van der Waals surface area contributed by atoms with E-state index in [1.807, 2.05) is 0 Å². The first-order valence-corrected chi connectivity index (χ1v) is 7.02. The van der Waals surface area contributed by atoms with E-state index in [9.17, 15) is 9.18 Å². The Hall–Kier alpha value is -2.30. The summed E-state index contributed by atoms with van der Waals surface area (Å²) in [4.78, 5) is 14.4. The van der Waals surface area contributed by atoms with Crippen molar-refractivity contribution in [1.82, 2.24) is 9.47 Å². The molecule has 1 aliphatic rings. The van der Waals surface area contributed by atoms with Gasteiger partial charge in [0.2, 0.25) is 0 Å². The lowest BCUT2D eigenvalue weighted by atomic mass is 10.2. The van der Waals surface area contributed by atoms with Gasteiger partial charge >= 0.3 is 0 Å². The van der Waals surface area contributed by atoms with Gasteiger partial charge in [0, 0.05) is 31.4 Å². The van der Waals surface area contributed by atoms with Gasteiger partial charge in [0.05, 0.1) is 5.69 Å². The average molecular weight is 287 g/mol. The summed E-state index contributed by atoms with van der Waals surface area (Å²) in [6, 6.07) is 8.45. The van der Waals surface area contributed by atoms with Gasteiger partial charge in [-0.05, 0) is 25.0 Å². The molecule has 2 N–H and O–H groups in total. The molecule has 0 radical (unpaired) electrons. The molecule has 2 aromatic rings. The Morgan fingerprint density at radius 1 is 1.43 bits per heavy atom.